The second kappa shape index (κ2) is 2.86. The van der Waals surface area contributed by atoms with Crippen molar-refractivity contribution in [2.75, 3.05) is 13.2 Å². The minimum absolute atomic E-state index is 0.160. The molecule has 2 aromatic rings. The van der Waals surface area contributed by atoms with E-state index in [-0.39, 0.29) is 34.3 Å². The quantitative estimate of drug-likeness (QED) is 0.765. The first-order chi connectivity index (χ1) is 11.7. The molecule has 120 valence electrons. The van der Waals surface area contributed by atoms with Gasteiger partial charge >= 0.3 is 11.4 Å². The summed E-state index contributed by atoms with van der Waals surface area (Å²) < 4.78 is 10.9. The fourth-order valence-corrected chi connectivity index (χ4v) is 8.19. The van der Waals surface area contributed by atoms with Gasteiger partial charge in [0, 0.05) is 10.8 Å². The van der Waals surface area contributed by atoms with Crippen molar-refractivity contribution in [1.82, 2.24) is 13.9 Å². The molecule has 6 nitrogen and oxygen atoms in total. The zero-order chi connectivity index (χ0) is 15.6. The van der Waals surface area contributed by atoms with E-state index in [9.17, 15) is 9.59 Å². The van der Waals surface area contributed by atoms with E-state index < -0.39 is 0 Å². The second-order valence-corrected chi connectivity index (χ2v) is 8.60. The molecule has 1 aromatic heterocycles. The van der Waals surface area contributed by atoms with Crippen LogP contribution < -0.4 is 11.4 Å². The van der Waals surface area contributed by atoms with Gasteiger partial charge in [-0.1, -0.05) is 18.2 Å². The number of nitrogens with zero attached hydrogens (tertiary/aromatic N) is 3. The highest BCUT2D eigenvalue weighted by Crippen LogP contribution is 3.03. The Morgan fingerprint density at radius 3 is 2.04 bits per heavy atom. The molecule has 9 rings (SSSR count). The third-order valence-corrected chi connectivity index (χ3v) is 8.49. The Balaban J connectivity index is 1.49. The largest absolute Gasteiger partial charge is 0.380 e. The molecule has 6 heteroatoms. The summed E-state index contributed by atoms with van der Waals surface area (Å²) in [6.07, 6.45) is 0. The number of para-hydroxylation sites is 1. The van der Waals surface area contributed by atoms with Crippen LogP contribution in [0.4, 0.5) is 0 Å². The molecule has 3 aliphatic heterocycles. The number of hydrogen-bond acceptors (Lipinski definition) is 3. The first kappa shape index (κ1) is 11.5. The van der Waals surface area contributed by atoms with Crippen LogP contribution in [0.5, 0.6) is 0 Å². The van der Waals surface area contributed by atoms with Crippen molar-refractivity contribution in [2.45, 2.75) is 12.1 Å². The maximum Gasteiger partial charge on any atom is 0.352 e. The summed E-state index contributed by atoms with van der Waals surface area (Å²) in [5.74, 6) is 2.69. The molecule has 1 aromatic carbocycles. The van der Waals surface area contributed by atoms with E-state index in [1.807, 2.05) is 39.7 Å². The van der Waals surface area contributed by atoms with Gasteiger partial charge in [0.1, 0.15) is 0 Å². The van der Waals surface area contributed by atoms with Gasteiger partial charge in [-0.2, -0.15) is 0 Å². The summed E-state index contributed by atoms with van der Waals surface area (Å²) in [6, 6.07) is 9.70. The van der Waals surface area contributed by atoms with Crippen LogP contribution in [-0.2, 0) is 4.74 Å². The molecular formula is C18H15N3O3. The van der Waals surface area contributed by atoms with Crippen LogP contribution in [0, 0.1) is 34.5 Å². The number of hydrogen-bond donors (Lipinski definition) is 0. The summed E-state index contributed by atoms with van der Waals surface area (Å²) in [6.45, 7) is 1.57. The van der Waals surface area contributed by atoms with Crippen LogP contribution >= 0.6 is 0 Å². The second-order valence-electron chi connectivity index (χ2n) is 8.60. The van der Waals surface area contributed by atoms with Crippen LogP contribution in [0.25, 0.3) is 5.69 Å². The molecule has 5 fully saturated rings. The van der Waals surface area contributed by atoms with E-state index >= 15 is 0 Å². The minimum Gasteiger partial charge on any atom is -0.380 e. The van der Waals surface area contributed by atoms with Gasteiger partial charge in [0.15, 0.2) is 0 Å². The van der Waals surface area contributed by atoms with Crippen LogP contribution in [0.1, 0.15) is 12.1 Å². The summed E-state index contributed by atoms with van der Waals surface area (Å²) in [5.41, 5.74) is 0.690. The zero-order valence-electron chi connectivity index (χ0n) is 12.8. The third-order valence-electron chi connectivity index (χ3n) is 8.49. The molecule has 8 atom stereocenters. The average Bonchev–Trinajstić information content (AvgIpc) is 3.19. The Bertz CT molecular complexity index is 1030. The molecule has 2 unspecified atom stereocenters. The number of ether oxygens (including phenoxy) is 1. The molecule has 7 aliphatic rings. The van der Waals surface area contributed by atoms with Crippen molar-refractivity contribution in [3.05, 3.63) is 51.3 Å². The predicted octanol–water partition coefficient (Wildman–Crippen LogP) is 0.419. The van der Waals surface area contributed by atoms with E-state index in [0.29, 0.717) is 23.4 Å². The van der Waals surface area contributed by atoms with Gasteiger partial charge in [0.2, 0.25) is 0 Å². The molecule has 4 heterocycles. The van der Waals surface area contributed by atoms with Gasteiger partial charge in [0.25, 0.3) is 0 Å². The fraction of sp³-hybridized carbons (Fsp3) is 0.556. The van der Waals surface area contributed by atoms with Crippen LogP contribution in [-0.4, -0.2) is 27.1 Å². The Morgan fingerprint density at radius 1 is 0.875 bits per heavy atom. The lowest BCUT2D eigenvalue weighted by atomic mass is 9.73. The molecule has 1 saturated heterocycles. The molecule has 2 spiro atoms. The lowest BCUT2D eigenvalue weighted by Gasteiger charge is -2.44. The number of aromatic nitrogens is 3. The Labute approximate surface area is 136 Å². The highest BCUT2D eigenvalue weighted by molar-refractivity contribution is 5.50. The van der Waals surface area contributed by atoms with Gasteiger partial charge in [-0.05, 0) is 35.8 Å². The number of benzene rings is 1. The fourth-order valence-electron chi connectivity index (χ4n) is 8.19. The van der Waals surface area contributed by atoms with Crippen molar-refractivity contribution in [3.8, 4) is 5.69 Å². The summed E-state index contributed by atoms with van der Waals surface area (Å²) in [4.78, 5) is 26.4. The molecule has 24 heavy (non-hydrogen) atoms. The highest BCUT2D eigenvalue weighted by atomic mass is 16.5. The van der Waals surface area contributed by atoms with Crippen molar-refractivity contribution >= 4 is 0 Å². The molecule has 0 radical (unpaired) electrons. The van der Waals surface area contributed by atoms with Crippen molar-refractivity contribution in [2.24, 2.45) is 34.5 Å². The summed E-state index contributed by atoms with van der Waals surface area (Å²) >= 11 is 0. The molecule has 2 bridgehead atoms. The maximum atomic E-state index is 13.2. The third kappa shape index (κ3) is 0.729. The summed E-state index contributed by atoms with van der Waals surface area (Å²) in [7, 11) is 0. The van der Waals surface area contributed by atoms with E-state index in [1.165, 1.54) is 4.57 Å². The van der Waals surface area contributed by atoms with E-state index in [2.05, 4.69) is 0 Å². The normalized spacial score (nSPS) is 52.3. The zero-order valence-corrected chi connectivity index (χ0v) is 12.8. The first-order valence-corrected chi connectivity index (χ1v) is 8.84. The van der Waals surface area contributed by atoms with E-state index in [0.717, 1.165) is 19.1 Å². The van der Waals surface area contributed by atoms with Crippen LogP contribution in [0.3, 0.4) is 0 Å². The standard InChI is InChI=1S/C18H15N3O3/c22-15-19(8-4-2-1-3-5-8)16(23)21-14-11-9-10(11)13(20(15)21)17-6-24-7-18(14,17)12(9)17/h1-5,9-14H,6-7H2/t9?,10-,11-,12?,13-,14-,17-,18+/m0/s1. The van der Waals surface area contributed by atoms with Gasteiger partial charge in [-0.25, -0.2) is 23.5 Å². The maximum absolute atomic E-state index is 13.2. The highest BCUT2D eigenvalue weighted by Gasteiger charge is 3.04. The minimum atomic E-state index is -0.160. The van der Waals surface area contributed by atoms with Gasteiger partial charge < -0.3 is 4.74 Å². The Kier molecular flexibility index (Phi) is 1.36. The number of rotatable bonds is 1. The van der Waals surface area contributed by atoms with E-state index in [1.54, 1.807) is 0 Å². The van der Waals surface area contributed by atoms with Crippen molar-refractivity contribution < 1.29 is 4.74 Å². The predicted molar refractivity (Wildman–Crippen MR) is 82.0 cm³/mol. The Hall–Kier alpha value is -2.08. The molecular weight excluding hydrogens is 306 g/mol. The average molecular weight is 321 g/mol. The first-order valence-electron chi connectivity index (χ1n) is 8.84. The van der Waals surface area contributed by atoms with Gasteiger partial charge in [-0.3, -0.25) is 0 Å². The molecule has 4 saturated carbocycles. The van der Waals surface area contributed by atoms with Crippen molar-refractivity contribution in [3.63, 3.8) is 0 Å². The van der Waals surface area contributed by atoms with Gasteiger partial charge in [0.05, 0.1) is 31.0 Å². The van der Waals surface area contributed by atoms with Gasteiger partial charge in [-0.15, -0.1) is 0 Å². The Morgan fingerprint density at radius 2 is 1.46 bits per heavy atom. The monoisotopic (exact) mass is 321 g/mol. The molecule has 4 aliphatic carbocycles. The topological polar surface area (TPSA) is 58.2 Å². The summed E-state index contributed by atoms with van der Waals surface area (Å²) in [5, 5.41) is 0. The molecule has 0 amide bonds. The molecule has 0 N–H and O–H groups in total. The lowest BCUT2D eigenvalue weighted by Crippen LogP contribution is -2.52. The smallest absolute Gasteiger partial charge is 0.352 e. The van der Waals surface area contributed by atoms with Crippen molar-refractivity contribution in [1.29, 1.82) is 0 Å². The van der Waals surface area contributed by atoms with Crippen LogP contribution in [0.2, 0.25) is 0 Å². The van der Waals surface area contributed by atoms with E-state index in [4.69, 9.17) is 4.74 Å². The SMILES string of the molecule is O=c1n(-c2ccccc2)c(=O)n2n1[C@H]1[C@H]3C4C5[C@@]16COC[C@]56[C@@H]2[C@@H]43. The lowest BCUT2D eigenvalue weighted by molar-refractivity contribution is 0.0280. The van der Waals surface area contributed by atoms with Crippen LogP contribution in [0.15, 0.2) is 39.9 Å².